The molecule has 0 atom stereocenters. The van der Waals surface area contributed by atoms with E-state index in [-0.39, 0.29) is 5.60 Å². The number of aromatic nitrogens is 2. The lowest BCUT2D eigenvalue weighted by Crippen LogP contribution is -2.30. The van der Waals surface area contributed by atoms with E-state index >= 15 is 0 Å². The Balaban J connectivity index is 2.56. The van der Waals surface area contributed by atoms with Crippen molar-refractivity contribution in [3.8, 4) is 5.88 Å². The zero-order valence-corrected chi connectivity index (χ0v) is 7.56. The zero-order valence-electron chi connectivity index (χ0n) is 6.66. The van der Waals surface area contributed by atoms with E-state index in [2.05, 4.69) is 22.8 Å². The van der Waals surface area contributed by atoms with E-state index in [0.29, 0.717) is 11.6 Å². The number of rotatable bonds is 3. The Hall–Kier alpha value is -0.640. The van der Waals surface area contributed by atoms with E-state index < -0.39 is 0 Å². The molecular weight excluding hydrogens is 160 g/mol. The standard InChI is InChI=1S/C7H12N2OS/c1-7(2,5-11)10-6-3-4-8-9-6/h3-4,11H,5H2,1-2H3,(H,8,9). The van der Waals surface area contributed by atoms with Crippen LogP contribution < -0.4 is 4.74 Å². The zero-order chi connectivity index (χ0) is 8.32. The molecule has 0 spiro atoms. The molecule has 62 valence electrons. The number of aromatic amines is 1. The molecule has 0 aliphatic heterocycles. The minimum absolute atomic E-state index is 0.240. The van der Waals surface area contributed by atoms with Gasteiger partial charge in [0.15, 0.2) is 0 Å². The number of H-pyrrole nitrogens is 1. The Morgan fingerprint density at radius 3 is 2.91 bits per heavy atom. The van der Waals surface area contributed by atoms with Gasteiger partial charge in [-0.25, -0.2) is 5.10 Å². The SMILES string of the molecule is CC(C)(CS)Oc1ccn[nH]1. The maximum absolute atomic E-state index is 5.50. The van der Waals surface area contributed by atoms with Crippen LogP contribution in [0.4, 0.5) is 0 Å². The summed E-state index contributed by atoms with van der Waals surface area (Å²) < 4.78 is 5.50. The fourth-order valence-electron chi connectivity index (χ4n) is 0.630. The first-order chi connectivity index (χ1) is 5.14. The van der Waals surface area contributed by atoms with Crippen LogP contribution in [0.25, 0.3) is 0 Å². The van der Waals surface area contributed by atoms with Gasteiger partial charge in [-0.2, -0.15) is 17.7 Å². The normalized spacial score (nSPS) is 11.5. The predicted molar refractivity (Wildman–Crippen MR) is 47.1 cm³/mol. The summed E-state index contributed by atoms with van der Waals surface area (Å²) in [4.78, 5) is 0. The lowest BCUT2D eigenvalue weighted by molar-refractivity contribution is 0.129. The number of hydrogen-bond donors (Lipinski definition) is 2. The van der Waals surface area contributed by atoms with Crippen LogP contribution >= 0.6 is 12.6 Å². The molecule has 0 saturated heterocycles. The average Bonchev–Trinajstić information content (AvgIpc) is 2.39. The summed E-state index contributed by atoms with van der Waals surface area (Å²) in [7, 11) is 0. The Morgan fingerprint density at radius 1 is 1.73 bits per heavy atom. The number of ether oxygens (including phenoxy) is 1. The van der Waals surface area contributed by atoms with Crippen LogP contribution in [0.2, 0.25) is 0 Å². The van der Waals surface area contributed by atoms with Crippen LogP contribution in [0.15, 0.2) is 12.3 Å². The summed E-state index contributed by atoms with van der Waals surface area (Å²) >= 11 is 4.15. The molecule has 3 nitrogen and oxygen atoms in total. The maximum Gasteiger partial charge on any atom is 0.209 e. The summed E-state index contributed by atoms with van der Waals surface area (Å²) in [5.41, 5.74) is -0.240. The quantitative estimate of drug-likeness (QED) is 0.678. The van der Waals surface area contributed by atoms with Crippen molar-refractivity contribution in [2.45, 2.75) is 19.4 Å². The Bertz CT molecular complexity index is 208. The van der Waals surface area contributed by atoms with E-state index in [9.17, 15) is 0 Å². The lowest BCUT2D eigenvalue weighted by Gasteiger charge is -2.22. The van der Waals surface area contributed by atoms with Crippen molar-refractivity contribution in [2.75, 3.05) is 5.75 Å². The third-order valence-corrected chi connectivity index (χ3v) is 2.00. The molecule has 0 bridgehead atoms. The summed E-state index contributed by atoms with van der Waals surface area (Å²) in [5.74, 6) is 1.36. The van der Waals surface area contributed by atoms with Crippen molar-refractivity contribution in [2.24, 2.45) is 0 Å². The molecule has 1 rings (SSSR count). The Labute approximate surface area is 71.6 Å². The Morgan fingerprint density at radius 2 is 2.45 bits per heavy atom. The highest BCUT2D eigenvalue weighted by Crippen LogP contribution is 2.15. The van der Waals surface area contributed by atoms with Crippen LogP contribution in [-0.2, 0) is 0 Å². The first kappa shape index (κ1) is 8.46. The van der Waals surface area contributed by atoms with E-state index in [1.807, 2.05) is 13.8 Å². The molecule has 1 aromatic heterocycles. The molecule has 1 heterocycles. The van der Waals surface area contributed by atoms with Crippen molar-refractivity contribution in [1.82, 2.24) is 10.2 Å². The second-order valence-corrected chi connectivity index (χ2v) is 3.26. The Kier molecular flexibility index (Phi) is 2.44. The van der Waals surface area contributed by atoms with E-state index in [4.69, 9.17) is 4.74 Å². The molecule has 4 heteroatoms. The molecule has 0 unspecified atom stereocenters. The van der Waals surface area contributed by atoms with Crippen LogP contribution in [0.1, 0.15) is 13.8 Å². The second-order valence-electron chi connectivity index (χ2n) is 2.94. The number of hydrogen-bond acceptors (Lipinski definition) is 3. The molecule has 1 aromatic rings. The molecule has 0 saturated carbocycles. The molecule has 0 aromatic carbocycles. The van der Waals surface area contributed by atoms with Gasteiger partial charge in [0.25, 0.3) is 0 Å². The molecule has 0 radical (unpaired) electrons. The summed E-state index contributed by atoms with van der Waals surface area (Å²) in [5, 5.41) is 6.49. The summed E-state index contributed by atoms with van der Waals surface area (Å²) in [6, 6.07) is 1.78. The topological polar surface area (TPSA) is 37.9 Å². The van der Waals surface area contributed by atoms with Gasteiger partial charge < -0.3 is 4.74 Å². The average molecular weight is 172 g/mol. The highest BCUT2D eigenvalue weighted by molar-refractivity contribution is 7.80. The summed E-state index contributed by atoms with van der Waals surface area (Å²) in [6.45, 7) is 3.95. The monoisotopic (exact) mass is 172 g/mol. The van der Waals surface area contributed by atoms with Crippen molar-refractivity contribution in [1.29, 1.82) is 0 Å². The van der Waals surface area contributed by atoms with Crippen molar-refractivity contribution in [3.63, 3.8) is 0 Å². The van der Waals surface area contributed by atoms with Gasteiger partial charge in [0, 0.05) is 11.8 Å². The fraction of sp³-hybridized carbons (Fsp3) is 0.571. The molecule has 0 aliphatic carbocycles. The van der Waals surface area contributed by atoms with Crippen molar-refractivity contribution in [3.05, 3.63) is 12.3 Å². The van der Waals surface area contributed by atoms with Gasteiger partial charge in [-0.3, -0.25) is 0 Å². The first-order valence-electron chi connectivity index (χ1n) is 3.43. The molecule has 11 heavy (non-hydrogen) atoms. The van der Waals surface area contributed by atoms with Crippen molar-refractivity contribution < 1.29 is 4.74 Å². The number of nitrogens with one attached hydrogen (secondary N) is 1. The van der Waals surface area contributed by atoms with Crippen LogP contribution in [0, 0.1) is 0 Å². The fourth-order valence-corrected chi connectivity index (χ4v) is 0.694. The molecular formula is C7H12N2OS. The third-order valence-electron chi connectivity index (χ3n) is 1.24. The van der Waals surface area contributed by atoms with E-state index in [0.717, 1.165) is 0 Å². The smallest absolute Gasteiger partial charge is 0.209 e. The minimum atomic E-state index is -0.240. The van der Waals surface area contributed by atoms with Gasteiger partial charge in [0.1, 0.15) is 5.60 Å². The van der Waals surface area contributed by atoms with Crippen LogP contribution in [0.3, 0.4) is 0 Å². The maximum atomic E-state index is 5.50. The van der Waals surface area contributed by atoms with Crippen LogP contribution in [0.5, 0.6) is 5.88 Å². The molecule has 0 aliphatic rings. The van der Waals surface area contributed by atoms with E-state index in [1.54, 1.807) is 12.3 Å². The highest BCUT2D eigenvalue weighted by atomic mass is 32.1. The first-order valence-corrected chi connectivity index (χ1v) is 4.06. The van der Waals surface area contributed by atoms with Gasteiger partial charge in [0.2, 0.25) is 5.88 Å². The third kappa shape index (κ3) is 2.46. The number of thiol groups is 1. The molecule has 0 fully saturated rings. The molecule has 1 N–H and O–H groups in total. The van der Waals surface area contributed by atoms with Gasteiger partial charge in [-0.05, 0) is 13.8 Å². The van der Waals surface area contributed by atoms with Crippen molar-refractivity contribution >= 4 is 12.6 Å². The lowest BCUT2D eigenvalue weighted by atomic mass is 10.2. The van der Waals surface area contributed by atoms with Gasteiger partial charge in [-0.15, -0.1) is 0 Å². The van der Waals surface area contributed by atoms with Gasteiger partial charge in [-0.1, -0.05) is 0 Å². The van der Waals surface area contributed by atoms with Gasteiger partial charge in [0.05, 0.1) is 6.20 Å². The largest absolute Gasteiger partial charge is 0.471 e. The highest BCUT2D eigenvalue weighted by Gasteiger charge is 2.17. The summed E-state index contributed by atoms with van der Waals surface area (Å²) in [6.07, 6.45) is 1.66. The predicted octanol–water partition coefficient (Wildman–Crippen LogP) is 1.50. The second kappa shape index (κ2) is 3.17. The van der Waals surface area contributed by atoms with Gasteiger partial charge >= 0.3 is 0 Å². The van der Waals surface area contributed by atoms with E-state index in [1.165, 1.54) is 0 Å². The number of nitrogens with zero attached hydrogens (tertiary/aromatic N) is 1. The minimum Gasteiger partial charge on any atom is -0.471 e. The molecule has 0 amide bonds. The van der Waals surface area contributed by atoms with Crippen LogP contribution in [-0.4, -0.2) is 21.6 Å².